The van der Waals surface area contributed by atoms with E-state index in [1.165, 1.54) is 0 Å². The van der Waals surface area contributed by atoms with E-state index in [1.54, 1.807) is 18.7 Å². The number of aliphatic hydroxyl groups excluding tert-OH is 1. The number of aromatic nitrogens is 2. The number of benzene rings is 1. The van der Waals surface area contributed by atoms with E-state index in [4.69, 9.17) is 16.3 Å². The van der Waals surface area contributed by atoms with E-state index in [1.807, 2.05) is 32.0 Å². The molecule has 0 aliphatic rings. The molecule has 1 N–H and O–H groups in total. The van der Waals surface area contributed by atoms with Gasteiger partial charge in [-0.2, -0.15) is 5.10 Å². The Balaban J connectivity index is 2.23. The third-order valence-electron chi connectivity index (χ3n) is 3.26. The van der Waals surface area contributed by atoms with Crippen molar-refractivity contribution in [3.05, 3.63) is 45.7 Å². The van der Waals surface area contributed by atoms with E-state index in [-0.39, 0.29) is 0 Å². The standard InChI is InChI=1S/C15H19ClN2O2/c1-9-5-6-14(12(7-9)11(3)19)20-8-13-10(2)17-18(4)15(13)16/h5-7,11,19H,8H2,1-4H3. The summed E-state index contributed by atoms with van der Waals surface area (Å²) in [6, 6.07) is 5.76. The lowest BCUT2D eigenvalue weighted by molar-refractivity contribution is 0.190. The van der Waals surface area contributed by atoms with Crippen LogP contribution in [-0.4, -0.2) is 14.9 Å². The van der Waals surface area contributed by atoms with Crippen molar-refractivity contribution < 1.29 is 9.84 Å². The van der Waals surface area contributed by atoms with Crippen molar-refractivity contribution in [2.75, 3.05) is 0 Å². The maximum Gasteiger partial charge on any atom is 0.133 e. The molecular formula is C15H19ClN2O2. The summed E-state index contributed by atoms with van der Waals surface area (Å²) in [4.78, 5) is 0. The van der Waals surface area contributed by atoms with E-state index in [0.29, 0.717) is 17.5 Å². The van der Waals surface area contributed by atoms with Crippen LogP contribution in [0.25, 0.3) is 0 Å². The Kier molecular flexibility index (Phi) is 4.35. The molecule has 5 heteroatoms. The zero-order chi connectivity index (χ0) is 14.9. The van der Waals surface area contributed by atoms with Crippen LogP contribution in [-0.2, 0) is 13.7 Å². The SMILES string of the molecule is Cc1ccc(OCc2c(C)nn(C)c2Cl)c(C(C)O)c1. The van der Waals surface area contributed by atoms with E-state index in [0.717, 1.165) is 22.4 Å². The van der Waals surface area contributed by atoms with Crippen molar-refractivity contribution in [1.29, 1.82) is 0 Å². The van der Waals surface area contributed by atoms with Gasteiger partial charge in [-0.05, 0) is 32.9 Å². The highest BCUT2D eigenvalue weighted by Crippen LogP contribution is 2.28. The maximum absolute atomic E-state index is 9.82. The van der Waals surface area contributed by atoms with Crippen LogP contribution >= 0.6 is 11.6 Å². The third kappa shape index (κ3) is 2.97. The third-order valence-corrected chi connectivity index (χ3v) is 3.73. The molecule has 0 aliphatic heterocycles. The molecule has 1 aromatic heterocycles. The Bertz CT molecular complexity index is 621. The van der Waals surface area contributed by atoms with Gasteiger partial charge in [0.05, 0.1) is 11.8 Å². The number of ether oxygens (including phenoxy) is 1. The lowest BCUT2D eigenvalue weighted by Gasteiger charge is -2.14. The maximum atomic E-state index is 9.82. The lowest BCUT2D eigenvalue weighted by atomic mass is 10.1. The van der Waals surface area contributed by atoms with Crippen molar-refractivity contribution in [3.8, 4) is 5.75 Å². The van der Waals surface area contributed by atoms with E-state index in [2.05, 4.69) is 5.10 Å². The van der Waals surface area contributed by atoms with E-state index < -0.39 is 6.10 Å². The summed E-state index contributed by atoms with van der Waals surface area (Å²) in [6.45, 7) is 5.94. The van der Waals surface area contributed by atoms with Crippen LogP contribution in [0, 0.1) is 13.8 Å². The minimum Gasteiger partial charge on any atom is -0.488 e. The van der Waals surface area contributed by atoms with Gasteiger partial charge in [0, 0.05) is 18.2 Å². The van der Waals surface area contributed by atoms with Gasteiger partial charge in [-0.15, -0.1) is 0 Å². The van der Waals surface area contributed by atoms with Crippen LogP contribution < -0.4 is 4.74 Å². The van der Waals surface area contributed by atoms with Gasteiger partial charge in [0.1, 0.15) is 17.5 Å². The van der Waals surface area contributed by atoms with Crippen LogP contribution in [0.3, 0.4) is 0 Å². The molecule has 1 heterocycles. The minimum absolute atomic E-state index is 0.335. The average Bonchev–Trinajstić information content (AvgIpc) is 2.62. The van der Waals surface area contributed by atoms with Gasteiger partial charge >= 0.3 is 0 Å². The highest BCUT2D eigenvalue weighted by atomic mass is 35.5. The molecule has 4 nitrogen and oxygen atoms in total. The Morgan fingerprint density at radius 1 is 1.40 bits per heavy atom. The number of hydrogen-bond donors (Lipinski definition) is 1. The first-order valence-corrected chi connectivity index (χ1v) is 6.87. The first-order chi connectivity index (χ1) is 9.40. The van der Waals surface area contributed by atoms with Crippen LogP contribution in [0.15, 0.2) is 18.2 Å². The topological polar surface area (TPSA) is 47.3 Å². The predicted octanol–water partition coefficient (Wildman–Crippen LogP) is 3.32. The molecule has 0 saturated heterocycles. The van der Waals surface area contributed by atoms with Gasteiger partial charge in [0.25, 0.3) is 0 Å². The zero-order valence-electron chi connectivity index (χ0n) is 12.1. The van der Waals surface area contributed by atoms with Crippen molar-refractivity contribution in [3.63, 3.8) is 0 Å². The van der Waals surface area contributed by atoms with Gasteiger partial charge in [-0.25, -0.2) is 0 Å². The summed E-state index contributed by atoms with van der Waals surface area (Å²) >= 11 is 6.18. The van der Waals surface area contributed by atoms with Gasteiger partial charge in [0.15, 0.2) is 0 Å². The smallest absolute Gasteiger partial charge is 0.133 e. The van der Waals surface area contributed by atoms with E-state index in [9.17, 15) is 5.11 Å². The first kappa shape index (κ1) is 14.9. The monoisotopic (exact) mass is 294 g/mol. The average molecular weight is 295 g/mol. The number of aryl methyl sites for hydroxylation is 3. The molecule has 108 valence electrons. The molecule has 1 unspecified atom stereocenters. The summed E-state index contributed by atoms with van der Waals surface area (Å²) in [7, 11) is 1.80. The molecule has 1 aromatic carbocycles. The highest BCUT2D eigenvalue weighted by Gasteiger charge is 2.14. The molecule has 2 rings (SSSR count). The fourth-order valence-corrected chi connectivity index (χ4v) is 2.34. The summed E-state index contributed by atoms with van der Waals surface area (Å²) in [5.41, 5.74) is 3.58. The normalized spacial score (nSPS) is 12.5. The summed E-state index contributed by atoms with van der Waals surface area (Å²) < 4.78 is 7.44. The molecule has 2 aromatic rings. The van der Waals surface area contributed by atoms with Gasteiger partial charge in [-0.1, -0.05) is 23.2 Å². The summed E-state index contributed by atoms with van der Waals surface area (Å²) in [6.07, 6.45) is -0.574. The second kappa shape index (κ2) is 5.85. The lowest BCUT2D eigenvalue weighted by Crippen LogP contribution is -2.02. The Morgan fingerprint density at radius 3 is 2.65 bits per heavy atom. The fraction of sp³-hybridized carbons (Fsp3) is 0.400. The largest absolute Gasteiger partial charge is 0.488 e. The zero-order valence-corrected chi connectivity index (χ0v) is 12.9. The van der Waals surface area contributed by atoms with Gasteiger partial charge in [-0.3, -0.25) is 4.68 Å². The molecule has 0 saturated carbocycles. The van der Waals surface area contributed by atoms with Gasteiger partial charge < -0.3 is 9.84 Å². The predicted molar refractivity (Wildman–Crippen MR) is 79.1 cm³/mol. The molecule has 0 amide bonds. The Labute approximate surface area is 123 Å². The van der Waals surface area contributed by atoms with E-state index >= 15 is 0 Å². The minimum atomic E-state index is -0.574. The number of nitrogens with zero attached hydrogens (tertiary/aromatic N) is 2. The summed E-state index contributed by atoms with van der Waals surface area (Å²) in [5.74, 6) is 0.671. The molecule has 0 fully saturated rings. The second-order valence-corrected chi connectivity index (χ2v) is 5.34. The molecule has 20 heavy (non-hydrogen) atoms. The van der Waals surface area contributed by atoms with Crippen molar-refractivity contribution in [2.24, 2.45) is 7.05 Å². The van der Waals surface area contributed by atoms with Crippen molar-refractivity contribution in [2.45, 2.75) is 33.5 Å². The molecule has 0 aliphatic carbocycles. The van der Waals surface area contributed by atoms with Crippen LogP contribution in [0.5, 0.6) is 5.75 Å². The molecule has 0 radical (unpaired) electrons. The Morgan fingerprint density at radius 2 is 2.10 bits per heavy atom. The first-order valence-electron chi connectivity index (χ1n) is 6.49. The molecule has 0 spiro atoms. The fourth-order valence-electron chi connectivity index (χ4n) is 2.11. The highest BCUT2D eigenvalue weighted by molar-refractivity contribution is 6.30. The number of rotatable bonds is 4. The molecule has 1 atom stereocenters. The van der Waals surface area contributed by atoms with Gasteiger partial charge in [0.2, 0.25) is 0 Å². The number of aliphatic hydroxyl groups is 1. The van der Waals surface area contributed by atoms with Crippen molar-refractivity contribution >= 4 is 11.6 Å². The van der Waals surface area contributed by atoms with Crippen LogP contribution in [0.1, 0.15) is 35.4 Å². The summed E-state index contributed by atoms with van der Waals surface area (Å²) in [5, 5.41) is 14.6. The second-order valence-electron chi connectivity index (χ2n) is 4.98. The molecular weight excluding hydrogens is 276 g/mol. The number of hydrogen-bond acceptors (Lipinski definition) is 3. The molecule has 0 bridgehead atoms. The van der Waals surface area contributed by atoms with Crippen molar-refractivity contribution in [1.82, 2.24) is 9.78 Å². The quantitative estimate of drug-likeness (QED) is 0.941. The Hall–Kier alpha value is -1.52. The van der Waals surface area contributed by atoms with Crippen LogP contribution in [0.2, 0.25) is 5.15 Å². The number of halogens is 1. The van der Waals surface area contributed by atoms with Crippen LogP contribution in [0.4, 0.5) is 0 Å².